The van der Waals surface area contributed by atoms with E-state index in [2.05, 4.69) is 4.37 Å². The molecule has 1 aromatic heterocycles. The number of ketones is 1. The first kappa shape index (κ1) is 20.5. The van der Waals surface area contributed by atoms with E-state index >= 15 is 0 Å². The van der Waals surface area contributed by atoms with Gasteiger partial charge in [-0.3, -0.25) is 4.79 Å². The maximum absolute atomic E-state index is 14.3. The van der Waals surface area contributed by atoms with Gasteiger partial charge in [0.25, 0.3) is 0 Å². The van der Waals surface area contributed by atoms with E-state index < -0.39 is 11.6 Å². The Morgan fingerprint density at radius 1 is 1.14 bits per heavy atom. The Balaban J connectivity index is 1.83. The molecule has 0 unspecified atom stereocenters. The molecule has 0 fully saturated rings. The van der Waals surface area contributed by atoms with Crippen LogP contribution in [0.25, 0.3) is 16.5 Å². The second kappa shape index (κ2) is 8.82. The molecule has 0 atom stereocenters. The number of halogens is 4. The fourth-order valence-electron chi connectivity index (χ4n) is 2.39. The second-order valence-electron chi connectivity index (χ2n) is 5.80. The zero-order chi connectivity index (χ0) is 20.3. The maximum atomic E-state index is 14.3. The van der Waals surface area contributed by atoms with E-state index in [1.54, 1.807) is 12.1 Å². The highest BCUT2D eigenvalue weighted by Gasteiger charge is 2.18. The number of hydrogen-bond acceptors (Lipinski definition) is 4. The Morgan fingerprint density at radius 3 is 2.54 bits per heavy atom. The molecule has 3 nitrogen and oxygen atoms in total. The third kappa shape index (κ3) is 4.58. The Morgan fingerprint density at radius 2 is 1.86 bits per heavy atom. The number of nitrogens with zero attached hydrogens (tertiary/aromatic N) is 1. The molecule has 0 N–H and O–H groups in total. The zero-order valence-corrected chi connectivity index (χ0v) is 16.8. The summed E-state index contributed by atoms with van der Waals surface area (Å²) >= 11 is 13.2. The second-order valence-corrected chi connectivity index (χ2v) is 7.37. The normalized spacial score (nSPS) is 11.2. The molecule has 0 aliphatic carbocycles. The van der Waals surface area contributed by atoms with Crippen molar-refractivity contribution < 1.29 is 18.3 Å². The van der Waals surface area contributed by atoms with E-state index in [0.29, 0.717) is 10.6 Å². The molecule has 0 saturated heterocycles. The molecule has 3 rings (SSSR count). The first-order chi connectivity index (χ1) is 13.4. The lowest BCUT2D eigenvalue weighted by Crippen LogP contribution is -2.01. The number of allylic oxidation sites excluding steroid dienone is 1. The molecule has 0 radical (unpaired) electrons. The summed E-state index contributed by atoms with van der Waals surface area (Å²) in [7, 11) is 0. The van der Waals surface area contributed by atoms with Gasteiger partial charge in [-0.15, -0.1) is 0 Å². The lowest BCUT2D eigenvalue weighted by molar-refractivity contribution is -0.112. The predicted molar refractivity (Wildman–Crippen MR) is 108 cm³/mol. The van der Waals surface area contributed by atoms with Crippen molar-refractivity contribution in [2.75, 3.05) is 0 Å². The Hall–Kier alpha value is -2.28. The average Bonchev–Trinajstić information content (AvgIpc) is 3.03. The van der Waals surface area contributed by atoms with Crippen LogP contribution in [0.2, 0.25) is 10.2 Å². The van der Waals surface area contributed by atoms with Crippen LogP contribution in [-0.2, 0) is 11.4 Å². The Bertz CT molecular complexity index is 1050. The number of rotatable bonds is 6. The van der Waals surface area contributed by atoms with E-state index in [-0.39, 0.29) is 28.9 Å². The van der Waals surface area contributed by atoms with Crippen molar-refractivity contribution in [3.05, 3.63) is 75.4 Å². The highest BCUT2D eigenvalue weighted by Crippen LogP contribution is 2.35. The molecule has 0 aliphatic heterocycles. The molecule has 1 heterocycles. The van der Waals surface area contributed by atoms with Gasteiger partial charge in [-0.2, -0.15) is 8.76 Å². The third-order valence-corrected chi connectivity index (χ3v) is 5.40. The summed E-state index contributed by atoms with van der Waals surface area (Å²) in [5.74, 6) is -2.77. The summed E-state index contributed by atoms with van der Waals surface area (Å²) in [5, 5.41) is 0.825. The molecular weight excluding hydrogens is 427 g/mol. The molecule has 0 bridgehead atoms. The van der Waals surface area contributed by atoms with Crippen molar-refractivity contribution in [1.82, 2.24) is 4.37 Å². The molecule has 0 spiro atoms. The summed E-state index contributed by atoms with van der Waals surface area (Å²) < 4.78 is 38.0. The smallest absolute Gasteiger partial charge is 0.201 e. The van der Waals surface area contributed by atoms with Gasteiger partial charge in [-0.05, 0) is 60.4 Å². The van der Waals surface area contributed by atoms with Gasteiger partial charge in [-0.25, -0.2) is 4.39 Å². The zero-order valence-electron chi connectivity index (χ0n) is 14.5. The summed E-state index contributed by atoms with van der Waals surface area (Å²) in [6.45, 7) is 1.23. The third-order valence-electron chi connectivity index (χ3n) is 3.79. The van der Waals surface area contributed by atoms with E-state index in [1.807, 2.05) is 12.1 Å². The van der Waals surface area contributed by atoms with Gasteiger partial charge in [0.05, 0.1) is 4.88 Å². The minimum atomic E-state index is -1.14. The summed E-state index contributed by atoms with van der Waals surface area (Å²) in [6, 6.07) is 9.72. The molecule has 0 aliphatic rings. The van der Waals surface area contributed by atoms with Crippen molar-refractivity contribution in [2.24, 2.45) is 0 Å². The van der Waals surface area contributed by atoms with Crippen LogP contribution in [0.3, 0.4) is 0 Å². The summed E-state index contributed by atoms with van der Waals surface area (Å²) in [4.78, 5) is 11.7. The van der Waals surface area contributed by atoms with E-state index in [0.717, 1.165) is 16.5 Å². The van der Waals surface area contributed by atoms with Crippen LogP contribution in [0.1, 0.15) is 18.1 Å². The molecule has 28 heavy (non-hydrogen) atoms. The predicted octanol–water partition coefficient (Wildman–Crippen LogP) is 6.58. The van der Waals surface area contributed by atoms with Gasteiger partial charge < -0.3 is 4.74 Å². The highest BCUT2D eigenvalue weighted by molar-refractivity contribution is 7.10. The van der Waals surface area contributed by atoms with Crippen LogP contribution < -0.4 is 4.74 Å². The van der Waals surface area contributed by atoms with Crippen LogP contribution in [-0.4, -0.2) is 10.2 Å². The van der Waals surface area contributed by atoms with E-state index in [9.17, 15) is 13.6 Å². The standard InChI is InChI=1S/C20H13Cl2F2NO2S/c1-11(26)2-3-12-6-9-16(18(24)17(12)23)27-10-15-19(28-25-20(15)22)13-4-7-14(21)8-5-13/h2-9H,10H2,1H3/b3-2+. The lowest BCUT2D eigenvalue weighted by Gasteiger charge is -2.10. The van der Waals surface area contributed by atoms with Crippen molar-refractivity contribution in [1.29, 1.82) is 0 Å². The van der Waals surface area contributed by atoms with Gasteiger partial charge in [-0.1, -0.05) is 35.3 Å². The quantitative estimate of drug-likeness (QED) is 0.407. The number of benzene rings is 2. The fourth-order valence-corrected chi connectivity index (χ4v) is 3.61. The van der Waals surface area contributed by atoms with Crippen LogP contribution in [0.15, 0.2) is 42.5 Å². The Labute approximate surface area is 174 Å². The van der Waals surface area contributed by atoms with Crippen molar-refractivity contribution in [2.45, 2.75) is 13.5 Å². The van der Waals surface area contributed by atoms with Crippen LogP contribution in [0.4, 0.5) is 8.78 Å². The number of carbonyl (C=O) groups excluding carboxylic acids is 1. The van der Waals surface area contributed by atoms with Gasteiger partial charge in [0.1, 0.15) is 11.8 Å². The van der Waals surface area contributed by atoms with Crippen molar-refractivity contribution in [3.63, 3.8) is 0 Å². The molecule has 8 heteroatoms. The summed E-state index contributed by atoms with van der Waals surface area (Å²) in [5.41, 5.74) is 1.36. The summed E-state index contributed by atoms with van der Waals surface area (Å²) in [6.07, 6.45) is 2.37. The molecular formula is C20H13Cl2F2NO2S. The highest BCUT2D eigenvalue weighted by atomic mass is 35.5. The monoisotopic (exact) mass is 439 g/mol. The minimum absolute atomic E-state index is 0.0443. The average molecular weight is 440 g/mol. The van der Waals surface area contributed by atoms with Gasteiger partial charge in [0, 0.05) is 16.1 Å². The van der Waals surface area contributed by atoms with Crippen LogP contribution in [0, 0.1) is 11.6 Å². The van der Waals surface area contributed by atoms with Crippen LogP contribution >= 0.6 is 34.7 Å². The molecule has 3 aromatic rings. The molecule has 0 amide bonds. The minimum Gasteiger partial charge on any atom is -0.486 e. The van der Waals surface area contributed by atoms with E-state index in [4.69, 9.17) is 27.9 Å². The Kier molecular flexibility index (Phi) is 6.44. The molecule has 0 saturated carbocycles. The number of hydrogen-bond donors (Lipinski definition) is 0. The van der Waals surface area contributed by atoms with Gasteiger partial charge >= 0.3 is 0 Å². The number of ether oxygens (including phenoxy) is 1. The van der Waals surface area contributed by atoms with E-state index in [1.165, 1.54) is 36.7 Å². The molecule has 144 valence electrons. The van der Waals surface area contributed by atoms with Gasteiger partial charge in [0.15, 0.2) is 17.3 Å². The first-order valence-corrected chi connectivity index (χ1v) is 9.59. The first-order valence-electron chi connectivity index (χ1n) is 8.06. The largest absolute Gasteiger partial charge is 0.486 e. The van der Waals surface area contributed by atoms with Gasteiger partial charge in [0.2, 0.25) is 5.82 Å². The topological polar surface area (TPSA) is 39.2 Å². The fraction of sp³-hybridized carbons (Fsp3) is 0.100. The SMILES string of the molecule is CC(=O)/C=C/c1ccc(OCc2c(Cl)nsc2-c2ccc(Cl)cc2)c(F)c1F. The van der Waals surface area contributed by atoms with Crippen molar-refractivity contribution >= 4 is 46.6 Å². The molecule has 2 aromatic carbocycles. The van der Waals surface area contributed by atoms with Crippen LogP contribution in [0.5, 0.6) is 5.75 Å². The van der Waals surface area contributed by atoms with Crippen molar-refractivity contribution in [3.8, 4) is 16.2 Å². The maximum Gasteiger partial charge on any atom is 0.201 e. The lowest BCUT2D eigenvalue weighted by atomic mass is 10.1. The number of aromatic nitrogens is 1. The number of carbonyl (C=O) groups is 1.